The SMILES string of the molecule is CC(C#N)c1cccc(C(=O)NC2CCC(Nc3cccc4nc(C(F)(F)F)cn34)CC2)c1. The van der Waals surface area contributed by atoms with E-state index in [2.05, 4.69) is 21.7 Å². The van der Waals surface area contributed by atoms with Crippen LogP contribution < -0.4 is 10.6 Å². The van der Waals surface area contributed by atoms with E-state index < -0.39 is 11.9 Å². The fraction of sp³-hybridized carbons (Fsp3) is 0.375. The van der Waals surface area contributed by atoms with Crippen molar-refractivity contribution in [2.45, 2.75) is 56.8 Å². The molecule has 0 aliphatic heterocycles. The van der Waals surface area contributed by atoms with Gasteiger partial charge in [-0.1, -0.05) is 18.2 Å². The highest BCUT2D eigenvalue weighted by molar-refractivity contribution is 5.94. The summed E-state index contributed by atoms with van der Waals surface area (Å²) in [6.45, 7) is 1.79. The van der Waals surface area contributed by atoms with Crippen molar-refractivity contribution in [3.05, 3.63) is 65.5 Å². The van der Waals surface area contributed by atoms with Crippen LogP contribution >= 0.6 is 0 Å². The highest BCUT2D eigenvalue weighted by Gasteiger charge is 2.34. The van der Waals surface area contributed by atoms with E-state index in [1.54, 1.807) is 43.3 Å². The van der Waals surface area contributed by atoms with Crippen molar-refractivity contribution in [2.24, 2.45) is 0 Å². The van der Waals surface area contributed by atoms with Crippen LogP contribution in [0.1, 0.15) is 60.1 Å². The molecule has 1 aromatic carbocycles. The van der Waals surface area contributed by atoms with E-state index in [9.17, 15) is 18.0 Å². The summed E-state index contributed by atoms with van der Waals surface area (Å²) in [4.78, 5) is 16.3. The van der Waals surface area contributed by atoms with Crippen molar-refractivity contribution in [2.75, 3.05) is 5.32 Å². The van der Waals surface area contributed by atoms with Crippen LogP contribution in [0, 0.1) is 11.3 Å². The molecule has 1 fully saturated rings. The smallest absolute Gasteiger partial charge is 0.368 e. The molecule has 2 heterocycles. The van der Waals surface area contributed by atoms with Crippen LogP contribution in [0.3, 0.4) is 0 Å². The number of nitriles is 1. The molecule has 1 saturated carbocycles. The lowest BCUT2D eigenvalue weighted by Gasteiger charge is -2.30. The third-order valence-electron chi connectivity index (χ3n) is 6.04. The van der Waals surface area contributed by atoms with E-state index in [0.717, 1.165) is 37.4 Å². The zero-order valence-corrected chi connectivity index (χ0v) is 18.1. The van der Waals surface area contributed by atoms with E-state index >= 15 is 0 Å². The molecular weight excluding hydrogens is 431 g/mol. The maximum Gasteiger partial charge on any atom is 0.434 e. The van der Waals surface area contributed by atoms with E-state index in [1.165, 1.54) is 4.40 Å². The number of rotatable bonds is 5. The number of hydrogen-bond donors (Lipinski definition) is 2. The number of nitrogens with zero attached hydrogens (tertiary/aromatic N) is 3. The Hall–Kier alpha value is -3.54. The molecule has 1 amide bonds. The van der Waals surface area contributed by atoms with Crippen molar-refractivity contribution in [1.29, 1.82) is 5.26 Å². The van der Waals surface area contributed by atoms with Gasteiger partial charge in [-0.3, -0.25) is 9.20 Å². The topological polar surface area (TPSA) is 82.2 Å². The number of hydrogen-bond acceptors (Lipinski definition) is 4. The molecule has 1 aliphatic rings. The van der Waals surface area contributed by atoms with Gasteiger partial charge in [0.15, 0.2) is 5.69 Å². The highest BCUT2D eigenvalue weighted by atomic mass is 19.4. The number of aromatic nitrogens is 2. The Morgan fingerprint density at radius 2 is 1.85 bits per heavy atom. The van der Waals surface area contributed by atoms with Gasteiger partial charge in [-0.2, -0.15) is 18.4 Å². The molecule has 0 saturated heterocycles. The summed E-state index contributed by atoms with van der Waals surface area (Å²) in [5.41, 5.74) is 0.653. The van der Waals surface area contributed by atoms with Crippen molar-refractivity contribution in [3.8, 4) is 6.07 Å². The van der Waals surface area contributed by atoms with Gasteiger partial charge in [-0.15, -0.1) is 0 Å². The van der Waals surface area contributed by atoms with Crippen LogP contribution in [0.4, 0.5) is 19.0 Å². The second kappa shape index (κ2) is 9.14. The molecule has 33 heavy (non-hydrogen) atoms. The number of fused-ring (bicyclic) bond motifs is 1. The van der Waals surface area contributed by atoms with Gasteiger partial charge < -0.3 is 10.6 Å². The van der Waals surface area contributed by atoms with Crippen molar-refractivity contribution in [1.82, 2.24) is 14.7 Å². The first-order valence-electron chi connectivity index (χ1n) is 10.9. The van der Waals surface area contributed by atoms with E-state index in [4.69, 9.17) is 5.26 Å². The van der Waals surface area contributed by atoms with Gasteiger partial charge >= 0.3 is 6.18 Å². The standard InChI is InChI=1S/C24H24F3N5O/c1-15(13-28)16-4-2-5-17(12-16)23(33)30-19-10-8-18(9-11-19)29-21-6-3-7-22-31-20(14-32(21)22)24(25,26)27/h2-7,12,14-15,18-19,29H,8-11H2,1H3,(H,30,33). The number of carbonyl (C=O) groups excluding carboxylic acids is 1. The maximum atomic E-state index is 13.0. The summed E-state index contributed by atoms with van der Waals surface area (Å²) in [6, 6.07) is 14.3. The minimum Gasteiger partial charge on any atom is -0.368 e. The van der Waals surface area contributed by atoms with Crippen LogP contribution in [0.2, 0.25) is 0 Å². The molecule has 1 aliphatic carbocycles. The Balaban J connectivity index is 1.36. The monoisotopic (exact) mass is 455 g/mol. The predicted octanol–water partition coefficient (Wildman–Crippen LogP) is 5.13. The van der Waals surface area contributed by atoms with Gasteiger partial charge in [0.1, 0.15) is 11.5 Å². The molecular formula is C24H24F3N5O. The maximum absolute atomic E-state index is 13.0. The van der Waals surface area contributed by atoms with Gasteiger partial charge in [0, 0.05) is 23.8 Å². The number of anilines is 1. The fourth-order valence-electron chi connectivity index (χ4n) is 4.15. The Kier molecular flexibility index (Phi) is 6.27. The Bertz CT molecular complexity index is 1190. The number of benzene rings is 1. The Labute approximate surface area is 189 Å². The molecule has 1 unspecified atom stereocenters. The van der Waals surface area contributed by atoms with Gasteiger partial charge in [0.05, 0.1) is 12.0 Å². The quantitative estimate of drug-likeness (QED) is 0.559. The highest BCUT2D eigenvalue weighted by Crippen LogP contribution is 2.30. The van der Waals surface area contributed by atoms with Crippen molar-refractivity contribution >= 4 is 17.4 Å². The normalized spacial score (nSPS) is 19.6. The first-order valence-corrected chi connectivity index (χ1v) is 10.9. The number of alkyl halides is 3. The third-order valence-corrected chi connectivity index (χ3v) is 6.04. The molecule has 0 spiro atoms. The molecule has 2 aromatic heterocycles. The lowest BCUT2D eigenvalue weighted by atomic mass is 9.91. The van der Waals surface area contributed by atoms with Gasteiger partial charge in [0.2, 0.25) is 0 Å². The molecule has 0 bridgehead atoms. The number of carbonyl (C=O) groups is 1. The fourth-order valence-corrected chi connectivity index (χ4v) is 4.15. The van der Waals surface area contributed by atoms with Crippen molar-refractivity contribution < 1.29 is 18.0 Å². The average molecular weight is 455 g/mol. The van der Waals surface area contributed by atoms with Crippen LogP contribution in [-0.2, 0) is 6.18 Å². The summed E-state index contributed by atoms with van der Waals surface area (Å²) < 4.78 is 40.5. The number of amides is 1. The first kappa shape index (κ1) is 22.6. The first-order chi connectivity index (χ1) is 15.7. The predicted molar refractivity (Wildman–Crippen MR) is 118 cm³/mol. The van der Waals surface area contributed by atoms with E-state index in [0.29, 0.717) is 11.4 Å². The summed E-state index contributed by atoms with van der Waals surface area (Å²) in [6.07, 6.45) is -0.436. The Morgan fingerprint density at radius 3 is 2.55 bits per heavy atom. The summed E-state index contributed by atoms with van der Waals surface area (Å²) in [5.74, 6) is 0.110. The zero-order valence-electron chi connectivity index (χ0n) is 18.1. The molecule has 2 N–H and O–H groups in total. The zero-order chi connectivity index (χ0) is 23.6. The molecule has 0 radical (unpaired) electrons. The van der Waals surface area contributed by atoms with Crippen LogP contribution in [-0.4, -0.2) is 27.4 Å². The number of halogens is 3. The minimum absolute atomic E-state index is 0.0217. The van der Waals surface area contributed by atoms with E-state index in [1.807, 2.05) is 6.07 Å². The lowest BCUT2D eigenvalue weighted by Crippen LogP contribution is -2.40. The van der Waals surface area contributed by atoms with Gasteiger partial charge in [-0.25, -0.2) is 4.98 Å². The van der Waals surface area contributed by atoms with Crippen LogP contribution in [0.15, 0.2) is 48.7 Å². The van der Waals surface area contributed by atoms with E-state index in [-0.39, 0.29) is 29.6 Å². The Morgan fingerprint density at radius 1 is 1.15 bits per heavy atom. The van der Waals surface area contributed by atoms with Gasteiger partial charge in [-0.05, 0) is 62.4 Å². The number of imidazole rings is 1. The second-order valence-corrected chi connectivity index (χ2v) is 8.41. The summed E-state index contributed by atoms with van der Waals surface area (Å²) in [5, 5.41) is 15.5. The minimum atomic E-state index is -4.49. The second-order valence-electron chi connectivity index (χ2n) is 8.41. The third kappa shape index (κ3) is 5.11. The largest absolute Gasteiger partial charge is 0.434 e. The summed E-state index contributed by atoms with van der Waals surface area (Å²) >= 11 is 0. The molecule has 9 heteroatoms. The average Bonchev–Trinajstić information content (AvgIpc) is 3.26. The van der Waals surface area contributed by atoms with Crippen molar-refractivity contribution in [3.63, 3.8) is 0 Å². The number of nitrogens with one attached hydrogen (secondary N) is 2. The summed E-state index contributed by atoms with van der Waals surface area (Å²) in [7, 11) is 0. The number of pyridine rings is 1. The van der Waals surface area contributed by atoms with Gasteiger partial charge in [0.25, 0.3) is 5.91 Å². The van der Waals surface area contributed by atoms with Crippen LogP contribution in [0.5, 0.6) is 0 Å². The molecule has 6 nitrogen and oxygen atoms in total. The lowest BCUT2D eigenvalue weighted by molar-refractivity contribution is -0.140. The molecule has 172 valence electrons. The molecule has 4 rings (SSSR count). The van der Waals surface area contributed by atoms with Crippen LogP contribution in [0.25, 0.3) is 5.65 Å². The molecule has 1 atom stereocenters. The molecule has 3 aromatic rings.